The number of carbonyl (C=O) groups is 1. The summed E-state index contributed by atoms with van der Waals surface area (Å²) in [5.41, 5.74) is 6.17. The topological polar surface area (TPSA) is 61.4 Å². The molecule has 0 radical (unpaired) electrons. The molecule has 2 aromatic heterocycles. The molecule has 6 nitrogen and oxygen atoms in total. The van der Waals surface area contributed by atoms with Gasteiger partial charge in [0, 0.05) is 55.6 Å². The number of hydrogen-bond donors (Lipinski definition) is 1. The first-order valence-corrected chi connectivity index (χ1v) is 12.4. The van der Waals surface area contributed by atoms with Gasteiger partial charge >= 0.3 is 0 Å². The summed E-state index contributed by atoms with van der Waals surface area (Å²) in [6.07, 6.45) is 3.66. The lowest BCUT2D eigenvalue weighted by Gasteiger charge is -2.37. The highest BCUT2D eigenvalue weighted by Gasteiger charge is 2.20. The number of piperazine rings is 1. The van der Waals surface area contributed by atoms with Gasteiger partial charge in [0.15, 0.2) is 0 Å². The van der Waals surface area contributed by atoms with E-state index in [2.05, 4.69) is 49.4 Å². The van der Waals surface area contributed by atoms with E-state index in [1.807, 2.05) is 80.8 Å². The third-order valence-corrected chi connectivity index (χ3v) is 6.76. The number of anilines is 3. The quantitative estimate of drug-likeness (QED) is 0.396. The number of hydrogen-bond acceptors (Lipinski definition) is 5. The molecule has 0 aliphatic carbocycles. The van der Waals surface area contributed by atoms with Crippen LogP contribution in [0, 0.1) is 6.92 Å². The van der Waals surface area contributed by atoms with E-state index >= 15 is 0 Å². The Labute approximate surface area is 212 Å². The van der Waals surface area contributed by atoms with Crippen LogP contribution in [0.2, 0.25) is 0 Å². The number of rotatable bonds is 6. The first-order chi connectivity index (χ1) is 17.6. The zero-order valence-corrected chi connectivity index (χ0v) is 20.8. The fraction of sp³-hybridized carbons (Fsp3) is 0.233. The SMILES string of the molecule is Cc1cc(-c2ccc(NC(=O)C(C)c3cccc(N4CCN(c5ccccn5)CC4)c3)cc2)ccn1. The Hall–Kier alpha value is -4.19. The number of nitrogens with one attached hydrogen (secondary N) is 1. The molecule has 6 heteroatoms. The van der Waals surface area contributed by atoms with E-state index in [4.69, 9.17) is 0 Å². The lowest BCUT2D eigenvalue weighted by Crippen LogP contribution is -2.46. The van der Waals surface area contributed by atoms with Crippen molar-refractivity contribution in [3.63, 3.8) is 0 Å². The van der Waals surface area contributed by atoms with Crippen LogP contribution in [-0.4, -0.2) is 42.1 Å². The second kappa shape index (κ2) is 10.6. The summed E-state index contributed by atoms with van der Waals surface area (Å²) in [4.78, 5) is 26.5. The van der Waals surface area contributed by atoms with E-state index in [0.717, 1.165) is 65.8 Å². The van der Waals surface area contributed by atoms with Crippen molar-refractivity contribution >= 4 is 23.1 Å². The maximum absolute atomic E-state index is 13.1. The normalized spacial score (nSPS) is 14.4. The van der Waals surface area contributed by atoms with Gasteiger partial charge in [0.2, 0.25) is 5.91 Å². The summed E-state index contributed by atoms with van der Waals surface area (Å²) in [7, 11) is 0. The Bertz CT molecular complexity index is 1310. The smallest absolute Gasteiger partial charge is 0.231 e. The minimum absolute atomic E-state index is 0.0142. The minimum Gasteiger partial charge on any atom is -0.368 e. The van der Waals surface area contributed by atoms with Gasteiger partial charge in [0.25, 0.3) is 0 Å². The molecule has 4 aromatic rings. The highest BCUT2D eigenvalue weighted by molar-refractivity contribution is 5.96. The van der Waals surface area contributed by atoms with Crippen LogP contribution in [0.25, 0.3) is 11.1 Å². The van der Waals surface area contributed by atoms with E-state index in [1.165, 1.54) is 0 Å². The Morgan fingerprint density at radius 1 is 0.806 bits per heavy atom. The van der Waals surface area contributed by atoms with Crippen molar-refractivity contribution in [1.82, 2.24) is 9.97 Å². The maximum Gasteiger partial charge on any atom is 0.231 e. The number of aryl methyl sites for hydroxylation is 1. The Kier molecular flexibility index (Phi) is 6.94. The standard InChI is InChI=1S/C30H31N5O/c1-22-20-26(13-15-31-22)24-9-11-27(12-10-24)33-30(36)23(2)25-6-5-7-28(21-25)34-16-18-35(19-17-34)29-8-3-4-14-32-29/h3-15,20-21,23H,16-19H2,1-2H3,(H,33,36). The number of nitrogens with zero attached hydrogens (tertiary/aromatic N) is 4. The molecule has 1 amide bonds. The molecule has 0 saturated carbocycles. The molecular formula is C30H31N5O. The number of carbonyl (C=O) groups excluding carboxylic acids is 1. The Balaban J connectivity index is 1.21. The van der Waals surface area contributed by atoms with E-state index in [1.54, 1.807) is 0 Å². The van der Waals surface area contributed by atoms with Crippen molar-refractivity contribution < 1.29 is 4.79 Å². The van der Waals surface area contributed by atoms with Gasteiger partial charge in [-0.25, -0.2) is 4.98 Å². The van der Waals surface area contributed by atoms with Gasteiger partial charge in [-0.3, -0.25) is 9.78 Å². The molecule has 0 spiro atoms. The van der Waals surface area contributed by atoms with E-state index < -0.39 is 0 Å². The van der Waals surface area contributed by atoms with Crippen LogP contribution in [0.3, 0.4) is 0 Å². The maximum atomic E-state index is 13.1. The van der Waals surface area contributed by atoms with Crippen molar-refractivity contribution in [1.29, 1.82) is 0 Å². The molecule has 1 saturated heterocycles. The molecule has 1 aliphatic heterocycles. The van der Waals surface area contributed by atoms with Gasteiger partial charge in [-0.15, -0.1) is 0 Å². The van der Waals surface area contributed by atoms with Crippen LogP contribution in [0.5, 0.6) is 0 Å². The molecule has 1 atom stereocenters. The summed E-state index contributed by atoms with van der Waals surface area (Å²) in [6.45, 7) is 7.63. The molecule has 36 heavy (non-hydrogen) atoms. The van der Waals surface area contributed by atoms with Crippen LogP contribution in [0.4, 0.5) is 17.2 Å². The van der Waals surface area contributed by atoms with Crippen LogP contribution in [0.15, 0.2) is 91.3 Å². The summed E-state index contributed by atoms with van der Waals surface area (Å²) < 4.78 is 0. The van der Waals surface area contributed by atoms with Crippen LogP contribution < -0.4 is 15.1 Å². The second-order valence-electron chi connectivity index (χ2n) is 9.23. The van der Waals surface area contributed by atoms with Crippen LogP contribution >= 0.6 is 0 Å². The Morgan fingerprint density at radius 2 is 1.58 bits per heavy atom. The predicted octanol–water partition coefficient (Wildman–Crippen LogP) is 5.52. The highest BCUT2D eigenvalue weighted by atomic mass is 16.1. The van der Waals surface area contributed by atoms with E-state index in [0.29, 0.717) is 0 Å². The minimum atomic E-state index is -0.262. The molecule has 1 N–H and O–H groups in total. The first-order valence-electron chi connectivity index (χ1n) is 12.4. The fourth-order valence-corrected chi connectivity index (χ4v) is 4.60. The number of pyridine rings is 2. The van der Waals surface area contributed by atoms with Gasteiger partial charge in [0.05, 0.1) is 5.92 Å². The summed E-state index contributed by atoms with van der Waals surface area (Å²) in [5, 5.41) is 3.07. The average molecular weight is 478 g/mol. The molecule has 1 unspecified atom stereocenters. The Morgan fingerprint density at radius 3 is 2.31 bits per heavy atom. The van der Waals surface area contributed by atoms with Gasteiger partial charge in [-0.05, 0) is 79.1 Å². The van der Waals surface area contributed by atoms with Gasteiger partial charge < -0.3 is 15.1 Å². The van der Waals surface area contributed by atoms with Crippen molar-refractivity contribution in [2.45, 2.75) is 19.8 Å². The first kappa shape index (κ1) is 23.5. The number of amides is 1. The monoisotopic (exact) mass is 477 g/mol. The lowest BCUT2D eigenvalue weighted by molar-refractivity contribution is -0.117. The third-order valence-electron chi connectivity index (χ3n) is 6.76. The van der Waals surface area contributed by atoms with Crippen molar-refractivity contribution in [3.05, 3.63) is 103 Å². The molecule has 1 aliphatic rings. The molecule has 0 bridgehead atoms. The summed E-state index contributed by atoms with van der Waals surface area (Å²) >= 11 is 0. The van der Waals surface area contributed by atoms with Crippen molar-refractivity contribution in [3.8, 4) is 11.1 Å². The molecule has 3 heterocycles. The molecule has 5 rings (SSSR count). The molecule has 1 fully saturated rings. The van der Waals surface area contributed by atoms with Crippen LogP contribution in [0.1, 0.15) is 24.1 Å². The number of benzene rings is 2. The molecule has 182 valence electrons. The van der Waals surface area contributed by atoms with Crippen molar-refractivity contribution in [2.75, 3.05) is 41.3 Å². The summed E-state index contributed by atoms with van der Waals surface area (Å²) in [6, 6.07) is 26.4. The number of aromatic nitrogens is 2. The second-order valence-corrected chi connectivity index (χ2v) is 9.23. The van der Waals surface area contributed by atoms with Gasteiger partial charge in [-0.2, -0.15) is 0 Å². The average Bonchev–Trinajstić information content (AvgIpc) is 2.94. The van der Waals surface area contributed by atoms with Crippen LogP contribution in [-0.2, 0) is 4.79 Å². The van der Waals surface area contributed by atoms with E-state index in [-0.39, 0.29) is 11.8 Å². The van der Waals surface area contributed by atoms with Gasteiger partial charge in [-0.1, -0.05) is 30.3 Å². The fourth-order valence-electron chi connectivity index (χ4n) is 4.60. The predicted molar refractivity (Wildman–Crippen MR) is 147 cm³/mol. The van der Waals surface area contributed by atoms with E-state index in [9.17, 15) is 4.79 Å². The molecule has 2 aromatic carbocycles. The highest BCUT2D eigenvalue weighted by Crippen LogP contribution is 2.26. The third kappa shape index (κ3) is 5.38. The van der Waals surface area contributed by atoms with Crippen molar-refractivity contribution in [2.24, 2.45) is 0 Å². The largest absolute Gasteiger partial charge is 0.368 e. The zero-order valence-electron chi connectivity index (χ0n) is 20.8. The molecular weight excluding hydrogens is 446 g/mol. The van der Waals surface area contributed by atoms with Gasteiger partial charge in [0.1, 0.15) is 5.82 Å². The zero-order chi connectivity index (χ0) is 24.9. The lowest BCUT2D eigenvalue weighted by atomic mass is 9.99. The summed E-state index contributed by atoms with van der Waals surface area (Å²) in [5.74, 6) is 0.752.